The molecule has 8 nitrogen and oxygen atoms in total. The van der Waals surface area contributed by atoms with E-state index in [1.807, 2.05) is 36.4 Å². The largest absolute Gasteiger partial charge is 0.453 e. The summed E-state index contributed by atoms with van der Waals surface area (Å²) in [6, 6.07) is 16.5. The Kier molecular flexibility index (Phi) is 5.16. The summed E-state index contributed by atoms with van der Waals surface area (Å²) in [7, 11) is 0. The van der Waals surface area contributed by atoms with Crippen LogP contribution in [-0.4, -0.2) is 63.7 Å². The SMILES string of the molecule is O=C(C[N+]12CCC(CC1)C(OC(=O)C1(O)c3ccccc3-c3ccccc31)C2)Nc1ccncn1. The first-order valence-electron chi connectivity index (χ1n) is 12.0. The van der Waals surface area contributed by atoms with Gasteiger partial charge in [0.25, 0.3) is 5.91 Å². The molecular formula is C27H27N4O4+. The van der Waals surface area contributed by atoms with Gasteiger partial charge in [0.2, 0.25) is 5.60 Å². The van der Waals surface area contributed by atoms with Crippen molar-refractivity contribution >= 4 is 17.7 Å². The van der Waals surface area contributed by atoms with Gasteiger partial charge >= 0.3 is 5.97 Å². The summed E-state index contributed by atoms with van der Waals surface area (Å²) in [6.45, 7) is 2.59. The average molecular weight is 472 g/mol. The van der Waals surface area contributed by atoms with Crippen molar-refractivity contribution in [1.82, 2.24) is 9.97 Å². The molecule has 3 aromatic rings. The van der Waals surface area contributed by atoms with Crippen molar-refractivity contribution in [3.05, 3.63) is 78.2 Å². The van der Waals surface area contributed by atoms with Crippen LogP contribution in [0.5, 0.6) is 0 Å². The fraction of sp³-hybridized carbons (Fsp3) is 0.333. The molecule has 3 fully saturated rings. The van der Waals surface area contributed by atoms with Crippen LogP contribution < -0.4 is 5.32 Å². The molecule has 1 aromatic heterocycles. The lowest BCUT2D eigenvalue weighted by Gasteiger charge is -2.51. The van der Waals surface area contributed by atoms with Gasteiger partial charge in [-0.25, -0.2) is 14.8 Å². The van der Waals surface area contributed by atoms with Crippen LogP contribution in [0, 0.1) is 5.92 Å². The molecule has 8 heteroatoms. The van der Waals surface area contributed by atoms with Crippen molar-refractivity contribution in [3.8, 4) is 11.1 Å². The maximum absolute atomic E-state index is 13.6. The fourth-order valence-corrected chi connectivity index (χ4v) is 6.08. The molecule has 3 saturated heterocycles. The van der Waals surface area contributed by atoms with Gasteiger partial charge in [-0.05, 0) is 17.2 Å². The molecule has 1 atom stereocenters. The Morgan fingerprint density at radius 3 is 2.31 bits per heavy atom. The molecule has 1 aliphatic carbocycles. The molecule has 1 unspecified atom stereocenters. The maximum atomic E-state index is 13.6. The van der Waals surface area contributed by atoms with Gasteiger partial charge in [-0.15, -0.1) is 0 Å². The number of ether oxygens (including phenoxy) is 1. The third-order valence-corrected chi connectivity index (χ3v) is 7.85. The van der Waals surface area contributed by atoms with Crippen molar-refractivity contribution in [2.45, 2.75) is 24.5 Å². The second kappa shape index (κ2) is 8.25. The average Bonchev–Trinajstić information content (AvgIpc) is 3.15. The van der Waals surface area contributed by atoms with Gasteiger partial charge in [0.05, 0.1) is 13.1 Å². The van der Waals surface area contributed by atoms with Crippen molar-refractivity contribution < 1.29 is 23.9 Å². The molecule has 4 heterocycles. The highest BCUT2D eigenvalue weighted by Crippen LogP contribution is 2.48. The van der Waals surface area contributed by atoms with Gasteiger partial charge in [-0.3, -0.25) is 4.79 Å². The number of rotatable bonds is 5. The minimum Gasteiger partial charge on any atom is -0.453 e. The topological polar surface area (TPSA) is 101 Å². The zero-order valence-electron chi connectivity index (χ0n) is 19.3. The number of esters is 1. The molecule has 178 valence electrons. The van der Waals surface area contributed by atoms with Gasteiger partial charge in [-0.1, -0.05) is 48.5 Å². The number of fused-ring (bicyclic) bond motifs is 6. The number of nitrogens with one attached hydrogen (secondary N) is 1. The normalized spacial score (nSPS) is 25.4. The summed E-state index contributed by atoms with van der Waals surface area (Å²) in [5.74, 6) is -0.0538. The molecule has 0 saturated carbocycles. The zero-order chi connectivity index (χ0) is 24.0. The van der Waals surface area contributed by atoms with Gasteiger partial charge in [-0.2, -0.15) is 0 Å². The van der Waals surface area contributed by atoms with Crippen molar-refractivity contribution in [2.75, 3.05) is 31.5 Å². The number of quaternary nitrogens is 1. The molecule has 0 spiro atoms. The molecule has 2 aromatic carbocycles. The Balaban J connectivity index is 1.22. The van der Waals surface area contributed by atoms with Crippen LogP contribution >= 0.6 is 0 Å². The summed E-state index contributed by atoms with van der Waals surface area (Å²) >= 11 is 0. The number of amides is 1. The molecule has 3 aliphatic heterocycles. The van der Waals surface area contributed by atoms with E-state index in [2.05, 4.69) is 15.3 Å². The van der Waals surface area contributed by atoms with E-state index in [4.69, 9.17) is 4.74 Å². The van der Waals surface area contributed by atoms with Crippen LogP contribution in [0.1, 0.15) is 24.0 Å². The number of piperidine rings is 3. The summed E-state index contributed by atoms with van der Waals surface area (Å²) in [5, 5.41) is 14.6. The molecule has 2 N–H and O–H groups in total. The number of aromatic nitrogens is 2. The van der Waals surface area contributed by atoms with E-state index in [0.717, 1.165) is 37.1 Å². The predicted octanol–water partition coefficient (Wildman–Crippen LogP) is 2.48. The van der Waals surface area contributed by atoms with Gasteiger partial charge < -0.3 is 19.6 Å². The highest BCUT2D eigenvalue weighted by Gasteiger charge is 2.53. The van der Waals surface area contributed by atoms with E-state index in [9.17, 15) is 14.7 Å². The van der Waals surface area contributed by atoms with Crippen LogP contribution in [-0.2, 0) is 19.9 Å². The van der Waals surface area contributed by atoms with E-state index in [-0.39, 0.29) is 17.9 Å². The quantitative estimate of drug-likeness (QED) is 0.438. The van der Waals surface area contributed by atoms with E-state index in [1.54, 1.807) is 24.4 Å². The van der Waals surface area contributed by atoms with E-state index < -0.39 is 11.6 Å². The third-order valence-electron chi connectivity index (χ3n) is 7.85. The summed E-state index contributed by atoms with van der Waals surface area (Å²) < 4.78 is 6.66. The Bertz CT molecular complexity index is 1240. The number of carbonyl (C=O) groups excluding carboxylic acids is 2. The molecule has 1 amide bonds. The smallest absolute Gasteiger partial charge is 0.348 e. The number of carbonyl (C=O) groups is 2. The molecule has 7 rings (SSSR count). The van der Waals surface area contributed by atoms with Crippen molar-refractivity contribution in [1.29, 1.82) is 0 Å². The number of anilines is 1. The van der Waals surface area contributed by atoms with Crippen LogP contribution in [0.25, 0.3) is 11.1 Å². The number of hydrogen-bond donors (Lipinski definition) is 2. The predicted molar refractivity (Wildman–Crippen MR) is 128 cm³/mol. The molecule has 0 radical (unpaired) electrons. The third kappa shape index (κ3) is 3.61. The molecule has 2 bridgehead atoms. The number of nitrogens with zero attached hydrogens (tertiary/aromatic N) is 3. The first kappa shape index (κ1) is 21.9. The summed E-state index contributed by atoms with van der Waals surface area (Å²) in [4.78, 5) is 34.4. The summed E-state index contributed by atoms with van der Waals surface area (Å²) in [5.41, 5.74) is 0.970. The van der Waals surface area contributed by atoms with Crippen molar-refractivity contribution in [3.63, 3.8) is 0 Å². The molecule has 35 heavy (non-hydrogen) atoms. The Morgan fingerprint density at radius 1 is 1.03 bits per heavy atom. The van der Waals surface area contributed by atoms with Crippen LogP contribution in [0.2, 0.25) is 0 Å². The van der Waals surface area contributed by atoms with Gasteiger partial charge in [0.15, 0.2) is 12.6 Å². The maximum Gasteiger partial charge on any atom is 0.348 e. The van der Waals surface area contributed by atoms with Crippen molar-refractivity contribution in [2.24, 2.45) is 5.92 Å². The lowest BCUT2D eigenvalue weighted by molar-refractivity contribution is -0.939. The Hall–Kier alpha value is -3.62. The minimum atomic E-state index is -1.84. The summed E-state index contributed by atoms with van der Waals surface area (Å²) in [6.07, 6.45) is 4.39. The lowest BCUT2D eigenvalue weighted by Crippen LogP contribution is -2.66. The van der Waals surface area contributed by atoms with E-state index in [0.29, 0.717) is 34.5 Å². The Morgan fingerprint density at radius 2 is 1.69 bits per heavy atom. The van der Waals surface area contributed by atoms with E-state index in [1.165, 1.54) is 6.33 Å². The minimum absolute atomic E-state index is 0.119. The van der Waals surface area contributed by atoms with Crippen LogP contribution in [0.3, 0.4) is 0 Å². The highest BCUT2D eigenvalue weighted by atomic mass is 16.6. The van der Waals surface area contributed by atoms with Crippen LogP contribution in [0.15, 0.2) is 67.1 Å². The zero-order valence-corrected chi connectivity index (χ0v) is 19.3. The second-order valence-electron chi connectivity index (χ2n) is 9.86. The first-order valence-corrected chi connectivity index (χ1v) is 12.0. The molecular weight excluding hydrogens is 444 g/mol. The standard InChI is InChI=1S/C27H26N4O4/c32-25(30-24-9-12-28-17-29-24)16-31-13-10-18(11-14-31)23(15-31)35-26(33)27(34)21-7-3-1-5-19(21)20-6-2-4-8-22(20)27/h1-9,12,17-18,23,34H,10-11,13-16H2/p+1. The molecule has 4 aliphatic rings. The lowest BCUT2D eigenvalue weighted by atomic mass is 9.82. The second-order valence-corrected chi connectivity index (χ2v) is 9.86. The number of hydrogen-bond acceptors (Lipinski definition) is 6. The Labute approximate surface area is 203 Å². The number of benzene rings is 2. The monoisotopic (exact) mass is 471 g/mol. The van der Waals surface area contributed by atoms with E-state index >= 15 is 0 Å². The highest BCUT2D eigenvalue weighted by molar-refractivity contribution is 5.96. The van der Waals surface area contributed by atoms with Gasteiger partial charge in [0, 0.05) is 36.1 Å². The van der Waals surface area contributed by atoms with Gasteiger partial charge in [0.1, 0.15) is 18.7 Å². The van der Waals surface area contributed by atoms with Crippen LogP contribution in [0.4, 0.5) is 5.82 Å². The number of aliphatic hydroxyl groups is 1. The first-order chi connectivity index (χ1) is 17.0. The fourth-order valence-electron chi connectivity index (χ4n) is 6.08.